The number of nitrogens with zero attached hydrogens (tertiary/aromatic N) is 3. The molecule has 7 nitrogen and oxygen atoms in total. The van der Waals surface area contributed by atoms with Crippen molar-refractivity contribution >= 4 is 14.9 Å². The number of sulfone groups is 1. The zero-order valence-electron chi connectivity index (χ0n) is 14.5. The van der Waals surface area contributed by atoms with Gasteiger partial charge in [0, 0.05) is 13.5 Å². The lowest BCUT2D eigenvalue weighted by atomic mass is 10.1. The van der Waals surface area contributed by atoms with Gasteiger partial charge in [0.25, 0.3) is 0 Å². The molecule has 25 heavy (non-hydrogen) atoms. The van der Waals surface area contributed by atoms with Crippen molar-refractivity contribution in [2.45, 2.75) is 57.7 Å². The molecule has 0 atom stereocenters. The number of aromatic nitrogens is 2. The van der Waals surface area contributed by atoms with Gasteiger partial charge < -0.3 is 9.57 Å². The van der Waals surface area contributed by atoms with Crippen LogP contribution in [0.25, 0.3) is 0 Å². The summed E-state index contributed by atoms with van der Waals surface area (Å²) in [4.78, 5) is 5.01. The maximum Gasteiger partial charge on any atom is 0.435 e. The Morgan fingerprint density at radius 2 is 1.96 bits per heavy atom. The molecule has 0 fully saturated rings. The van der Waals surface area contributed by atoms with Crippen molar-refractivity contribution in [1.29, 1.82) is 0 Å². The first-order chi connectivity index (χ1) is 11.2. The molecule has 0 aliphatic carbocycles. The van der Waals surface area contributed by atoms with Gasteiger partial charge >= 0.3 is 6.18 Å². The molecule has 0 unspecified atom stereocenters. The molecule has 0 bridgehead atoms. The van der Waals surface area contributed by atoms with Crippen molar-refractivity contribution in [3.05, 3.63) is 11.3 Å². The molecule has 1 aliphatic heterocycles. The fraction of sp³-hybridized carbons (Fsp3) is 0.714. The number of hydrogen-bond acceptors (Lipinski definition) is 6. The average molecular weight is 383 g/mol. The molecule has 1 aliphatic rings. The van der Waals surface area contributed by atoms with Crippen LogP contribution in [0.15, 0.2) is 5.16 Å². The minimum absolute atomic E-state index is 0.0165. The molecule has 0 N–H and O–H groups in total. The Morgan fingerprint density at radius 3 is 2.40 bits per heavy atom. The minimum atomic E-state index is -4.81. The standard InChI is InChI=1S/C14H20F3N3O4S/c1-8(2)23-12-9(11(14(15,16)17)18-20(12)5)7-25(21,22)10-6-13(3,4)24-19-10/h8H,6-7H2,1-5H3. The molecular formula is C14H20F3N3O4S. The van der Waals surface area contributed by atoms with E-state index < -0.39 is 44.7 Å². The number of oxime groups is 1. The van der Waals surface area contributed by atoms with Gasteiger partial charge in [-0.2, -0.15) is 18.3 Å². The second-order valence-corrected chi connectivity index (χ2v) is 8.68. The fourth-order valence-corrected chi connectivity index (χ4v) is 3.85. The number of rotatable bonds is 4. The lowest BCUT2D eigenvalue weighted by molar-refractivity contribution is -0.141. The third-order valence-corrected chi connectivity index (χ3v) is 4.97. The number of ether oxygens (including phenoxy) is 1. The zero-order chi connectivity index (χ0) is 19.2. The van der Waals surface area contributed by atoms with E-state index in [-0.39, 0.29) is 17.3 Å². The smallest absolute Gasteiger partial charge is 0.435 e. The SMILES string of the molecule is CC(C)Oc1c(CS(=O)(=O)C2=NOC(C)(C)C2)c(C(F)(F)F)nn1C. The summed E-state index contributed by atoms with van der Waals surface area (Å²) in [5, 5.41) is 6.64. The van der Waals surface area contributed by atoms with E-state index in [0.717, 1.165) is 4.68 Å². The topological polar surface area (TPSA) is 82.8 Å². The first kappa shape index (κ1) is 19.5. The monoisotopic (exact) mass is 383 g/mol. The van der Waals surface area contributed by atoms with E-state index in [2.05, 4.69) is 10.3 Å². The summed E-state index contributed by atoms with van der Waals surface area (Å²) in [6.45, 7) is 6.51. The fourth-order valence-electron chi connectivity index (χ4n) is 2.32. The lowest BCUT2D eigenvalue weighted by Crippen LogP contribution is -2.24. The molecule has 0 amide bonds. The Morgan fingerprint density at radius 1 is 1.36 bits per heavy atom. The summed E-state index contributed by atoms with van der Waals surface area (Å²) in [7, 11) is -2.85. The van der Waals surface area contributed by atoms with Gasteiger partial charge in [-0.15, -0.1) is 0 Å². The van der Waals surface area contributed by atoms with E-state index in [9.17, 15) is 21.6 Å². The van der Waals surface area contributed by atoms with Gasteiger partial charge in [0.2, 0.25) is 5.88 Å². The van der Waals surface area contributed by atoms with Crippen LogP contribution in [0.4, 0.5) is 13.2 Å². The summed E-state index contributed by atoms with van der Waals surface area (Å²) >= 11 is 0. The molecule has 2 heterocycles. The maximum atomic E-state index is 13.3. The van der Waals surface area contributed by atoms with Crippen LogP contribution in [0.2, 0.25) is 0 Å². The number of aryl methyl sites for hydroxylation is 1. The normalized spacial score (nSPS) is 17.6. The summed E-state index contributed by atoms with van der Waals surface area (Å²) in [5.41, 5.74) is -2.63. The van der Waals surface area contributed by atoms with Crippen molar-refractivity contribution < 1.29 is 31.2 Å². The highest BCUT2D eigenvalue weighted by atomic mass is 32.2. The van der Waals surface area contributed by atoms with E-state index in [4.69, 9.17) is 9.57 Å². The first-order valence-corrected chi connectivity index (χ1v) is 9.16. The van der Waals surface area contributed by atoms with E-state index >= 15 is 0 Å². The number of hydrogen-bond donors (Lipinski definition) is 0. The van der Waals surface area contributed by atoms with Crippen molar-refractivity contribution in [2.24, 2.45) is 12.2 Å². The highest BCUT2D eigenvalue weighted by molar-refractivity contribution is 8.05. The van der Waals surface area contributed by atoms with Crippen LogP contribution in [0.1, 0.15) is 45.4 Å². The molecule has 11 heteroatoms. The van der Waals surface area contributed by atoms with Crippen molar-refractivity contribution in [3.63, 3.8) is 0 Å². The highest BCUT2D eigenvalue weighted by Crippen LogP contribution is 2.37. The molecule has 0 spiro atoms. The van der Waals surface area contributed by atoms with E-state index in [1.54, 1.807) is 27.7 Å². The van der Waals surface area contributed by atoms with Crippen molar-refractivity contribution in [2.75, 3.05) is 0 Å². The zero-order valence-corrected chi connectivity index (χ0v) is 15.3. The van der Waals surface area contributed by atoms with Gasteiger partial charge in [-0.25, -0.2) is 13.1 Å². The molecule has 0 saturated heterocycles. The first-order valence-electron chi connectivity index (χ1n) is 7.50. The van der Waals surface area contributed by atoms with E-state index in [1.165, 1.54) is 7.05 Å². The highest BCUT2D eigenvalue weighted by Gasteiger charge is 2.43. The quantitative estimate of drug-likeness (QED) is 0.798. The van der Waals surface area contributed by atoms with Crippen LogP contribution in [0.3, 0.4) is 0 Å². The van der Waals surface area contributed by atoms with Gasteiger partial charge in [0.15, 0.2) is 20.6 Å². The number of alkyl halides is 3. The molecule has 142 valence electrons. The van der Waals surface area contributed by atoms with Crippen LogP contribution in [0.5, 0.6) is 5.88 Å². The van der Waals surface area contributed by atoms with Gasteiger partial charge in [0.1, 0.15) is 5.60 Å². The second-order valence-electron chi connectivity index (χ2n) is 6.69. The second kappa shape index (κ2) is 6.19. The van der Waals surface area contributed by atoms with Crippen LogP contribution < -0.4 is 4.74 Å². The Hall–Kier alpha value is -1.78. The summed E-state index contributed by atoms with van der Waals surface area (Å²) in [6.07, 6.45) is -5.28. The summed E-state index contributed by atoms with van der Waals surface area (Å²) < 4.78 is 71.2. The maximum absolute atomic E-state index is 13.3. The van der Waals surface area contributed by atoms with Crippen LogP contribution in [0, 0.1) is 0 Å². The Kier molecular flexibility index (Phi) is 4.84. The lowest BCUT2D eigenvalue weighted by Gasteiger charge is -2.14. The van der Waals surface area contributed by atoms with Gasteiger partial charge in [-0.1, -0.05) is 5.16 Å². The summed E-state index contributed by atoms with van der Waals surface area (Å²) in [5.74, 6) is -1.15. The molecule has 0 saturated carbocycles. The number of halogens is 3. The molecule has 1 aromatic heterocycles. The van der Waals surface area contributed by atoms with Crippen molar-refractivity contribution in [3.8, 4) is 5.88 Å². The van der Waals surface area contributed by atoms with E-state index in [1.807, 2.05) is 0 Å². The van der Waals surface area contributed by atoms with Gasteiger partial charge in [0.05, 0.1) is 17.4 Å². The molecule has 0 aromatic carbocycles. The molecule has 0 radical (unpaired) electrons. The molecule has 1 aromatic rings. The Bertz CT molecular complexity index is 795. The third kappa shape index (κ3) is 4.25. The van der Waals surface area contributed by atoms with E-state index in [0.29, 0.717) is 0 Å². The van der Waals surface area contributed by atoms with Gasteiger partial charge in [-0.3, -0.25) is 0 Å². The van der Waals surface area contributed by atoms with Crippen molar-refractivity contribution in [1.82, 2.24) is 9.78 Å². The van der Waals surface area contributed by atoms with Crippen LogP contribution in [-0.2, 0) is 33.7 Å². The predicted octanol–water partition coefficient (Wildman–Crippen LogP) is 2.65. The predicted molar refractivity (Wildman–Crippen MR) is 83.8 cm³/mol. The molecule has 2 rings (SSSR count). The third-order valence-electron chi connectivity index (χ3n) is 3.37. The minimum Gasteiger partial charge on any atom is -0.475 e. The van der Waals surface area contributed by atoms with Gasteiger partial charge in [-0.05, 0) is 27.7 Å². The molecular weight excluding hydrogens is 363 g/mol. The van der Waals surface area contributed by atoms with Crippen LogP contribution >= 0.6 is 0 Å². The van der Waals surface area contributed by atoms with Crippen LogP contribution in [-0.4, -0.2) is 34.9 Å². The Balaban J connectivity index is 2.47. The summed E-state index contributed by atoms with van der Waals surface area (Å²) in [6, 6.07) is 0. The average Bonchev–Trinajstić information content (AvgIpc) is 2.92. The Labute approximate surface area is 143 Å². The largest absolute Gasteiger partial charge is 0.475 e.